The summed E-state index contributed by atoms with van der Waals surface area (Å²) in [6.07, 6.45) is 0. The lowest BCUT2D eigenvalue weighted by atomic mass is 10.1. The standard InChI is InChI=1S/C11H11BrN2/c1-8-3-4-10(6-13)11(5-8)14-7-9(2)12/h3-5,14H,2,7H2,1H3. The Morgan fingerprint density at radius 2 is 2.36 bits per heavy atom. The molecule has 1 aromatic rings. The lowest BCUT2D eigenvalue weighted by Crippen LogP contribution is -2.02. The molecule has 1 rings (SSSR count). The minimum Gasteiger partial charge on any atom is -0.379 e. The van der Waals surface area contributed by atoms with Gasteiger partial charge in [-0.2, -0.15) is 5.26 Å². The molecule has 0 heterocycles. The Morgan fingerprint density at radius 1 is 1.64 bits per heavy atom. The SMILES string of the molecule is C=C(Br)CNc1cc(C)ccc1C#N. The molecule has 0 amide bonds. The number of anilines is 1. The predicted molar refractivity (Wildman–Crippen MR) is 62.5 cm³/mol. The summed E-state index contributed by atoms with van der Waals surface area (Å²) in [5.41, 5.74) is 2.64. The van der Waals surface area contributed by atoms with Crippen LogP contribution < -0.4 is 5.32 Å². The Kier molecular flexibility index (Phi) is 3.73. The predicted octanol–water partition coefficient (Wildman–Crippen LogP) is 3.19. The zero-order valence-electron chi connectivity index (χ0n) is 7.97. The lowest BCUT2D eigenvalue weighted by molar-refractivity contribution is 1.30. The number of hydrogen-bond acceptors (Lipinski definition) is 2. The van der Waals surface area contributed by atoms with Gasteiger partial charge in [0.15, 0.2) is 0 Å². The molecule has 0 aromatic heterocycles. The molecule has 0 spiro atoms. The van der Waals surface area contributed by atoms with Gasteiger partial charge in [0.2, 0.25) is 0 Å². The van der Waals surface area contributed by atoms with Crippen molar-refractivity contribution in [2.45, 2.75) is 6.92 Å². The largest absolute Gasteiger partial charge is 0.379 e. The minimum atomic E-state index is 0.623. The maximum Gasteiger partial charge on any atom is 0.101 e. The summed E-state index contributed by atoms with van der Waals surface area (Å²) >= 11 is 3.26. The van der Waals surface area contributed by atoms with E-state index in [1.165, 1.54) is 0 Å². The van der Waals surface area contributed by atoms with Crippen LogP contribution in [-0.4, -0.2) is 6.54 Å². The topological polar surface area (TPSA) is 35.8 Å². The van der Waals surface area contributed by atoms with Crippen molar-refractivity contribution in [1.29, 1.82) is 5.26 Å². The van der Waals surface area contributed by atoms with E-state index in [-0.39, 0.29) is 0 Å². The molecule has 0 saturated carbocycles. The van der Waals surface area contributed by atoms with Crippen LogP contribution in [0.5, 0.6) is 0 Å². The van der Waals surface area contributed by atoms with Crippen LogP contribution in [-0.2, 0) is 0 Å². The van der Waals surface area contributed by atoms with Gasteiger partial charge in [0, 0.05) is 11.0 Å². The Hall–Kier alpha value is -1.27. The highest BCUT2D eigenvalue weighted by molar-refractivity contribution is 9.11. The maximum absolute atomic E-state index is 8.85. The van der Waals surface area contributed by atoms with Crippen molar-refractivity contribution < 1.29 is 0 Å². The third-order valence-electron chi connectivity index (χ3n) is 1.77. The number of aryl methyl sites for hydroxylation is 1. The van der Waals surface area contributed by atoms with Gasteiger partial charge in [0.05, 0.1) is 11.3 Å². The molecule has 0 aliphatic heterocycles. The number of nitrogens with zero attached hydrogens (tertiary/aromatic N) is 1. The minimum absolute atomic E-state index is 0.623. The molecule has 0 fully saturated rings. The smallest absolute Gasteiger partial charge is 0.101 e. The first kappa shape index (κ1) is 10.8. The summed E-state index contributed by atoms with van der Waals surface area (Å²) in [4.78, 5) is 0. The average molecular weight is 251 g/mol. The van der Waals surface area contributed by atoms with Crippen molar-refractivity contribution in [1.82, 2.24) is 0 Å². The van der Waals surface area contributed by atoms with Crippen molar-refractivity contribution in [2.75, 3.05) is 11.9 Å². The van der Waals surface area contributed by atoms with Crippen LogP contribution in [0.2, 0.25) is 0 Å². The quantitative estimate of drug-likeness (QED) is 0.895. The molecular formula is C11H11BrN2. The first-order valence-corrected chi connectivity index (χ1v) is 5.00. The fourth-order valence-corrected chi connectivity index (χ4v) is 1.23. The van der Waals surface area contributed by atoms with E-state index >= 15 is 0 Å². The molecule has 0 bridgehead atoms. The van der Waals surface area contributed by atoms with Gasteiger partial charge in [0.1, 0.15) is 6.07 Å². The second-order valence-corrected chi connectivity index (χ2v) is 4.15. The molecule has 0 radical (unpaired) electrons. The van der Waals surface area contributed by atoms with Crippen molar-refractivity contribution in [3.8, 4) is 6.07 Å². The van der Waals surface area contributed by atoms with Crippen LogP contribution in [0.4, 0.5) is 5.69 Å². The van der Waals surface area contributed by atoms with Gasteiger partial charge in [-0.1, -0.05) is 28.6 Å². The van der Waals surface area contributed by atoms with E-state index in [4.69, 9.17) is 5.26 Å². The average Bonchev–Trinajstić information content (AvgIpc) is 2.15. The Labute approximate surface area is 92.4 Å². The molecule has 0 atom stereocenters. The number of halogens is 1. The van der Waals surface area contributed by atoms with Gasteiger partial charge < -0.3 is 5.32 Å². The summed E-state index contributed by atoms with van der Waals surface area (Å²) in [6, 6.07) is 7.83. The van der Waals surface area contributed by atoms with Crippen LogP contribution in [0.25, 0.3) is 0 Å². The van der Waals surface area contributed by atoms with Gasteiger partial charge >= 0.3 is 0 Å². The molecule has 0 saturated heterocycles. The van der Waals surface area contributed by atoms with Gasteiger partial charge in [-0.15, -0.1) is 0 Å². The highest BCUT2D eigenvalue weighted by atomic mass is 79.9. The van der Waals surface area contributed by atoms with E-state index in [0.29, 0.717) is 12.1 Å². The second-order valence-electron chi connectivity index (χ2n) is 3.03. The summed E-state index contributed by atoms with van der Waals surface area (Å²) in [7, 11) is 0. The van der Waals surface area contributed by atoms with Crippen molar-refractivity contribution in [2.24, 2.45) is 0 Å². The van der Waals surface area contributed by atoms with E-state index in [1.807, 2.05) is 25.1 Å². The number of benzene rings is 1. The lowest BCUT2D eigenvalue weighted by Gasteiger charge is -2.07. The summed E-state index contributed by atoms with van der Waals surface area (Å²) in [5.74, 6) is 0. The molecule has 0 aliphatic rings. The Morgan fingerprint density at radius 3 is 2.93 bits per heavy atom. The van der Waals surface area contributed by atoms with E-state index in [1.54, 1.807) is 0 Å². The zero-order chi connectivity index (χ0) is 10.6. The molecule has 3 heteroatoms. The first-order chi connectivity index (χ1) is 6.63. The van der Waals surface area contributed by atoms with E-state index in [2.05, 4.69) is 33.9 Å². The molecule has 0 unspecified atom stereocenters. The number of nitriles is 1. The summed E-state index contributed by atoms with van der Waals surface area (Å²) in [6.45, 7) is 6.34. The Balaban J connectivity index is 2.89. The molecule has 1 aromatic carbocycles. The highest BCUT2D eigenvalue weighted by Gasteiger charge is 2.00. The van der Waals surface area contributed by atoms with E-state index in [0.717, 1.165) is 15.7 Å². The summed E-state index contributed by atoms with van der Waals surface area (Å²) < 4.78 is 0.864. The highest BCUT2D eigenvalue weighted by Crippen LogP contribution is 2.17. The third-order valence-corrected chi connectivity index (χ3v) is 2.05. The maximum atomic E-state index is 8.85. The van der Waals surface area contributed by atoms with Crippen molar-refractivity contribution >= 4 is 21.6 Å². The molecule has 2 nitrogen and oxygen atoms in total. The van der Waals surface area contributed by atoms with E-state index < -0.39 is 0 Å². The van der Waals surface area contributed by atoms with Crippen LogP contribution >= 0.6 is 15.9 Å². The van der Waals surface area contributed by atoms with Gasteiger partial charge in [0.25, 0.3) is 0 Å². The molecule has 1 N–H and O–H groups in total. The summed E-state index contributed by atoms with van der Waals surface area (Å²) in [5, 5.41) is 12.0. The van der Waals surface area contributed by atoms with E-state index in [9.17, 15) is 0 Å². The zero-order valence-corrected chi connectivity index (χ0v) is 9.56. The Bertz CT molecular complexity index is 391. The van der Waals surface area contributed by atoms with Gasteiger partial charge in [-0.25, -0.2) is 0 Å². The van der Waals surface area contributed by atoms with Gasteiger partial charge in [-0.05, 0) is 24.6 Å². The van der Waals surface area contributed by atoms with Crippen LogP contribution in [0, 0.1) is 18.3 Å². The number of nitrogens with one attached hydrogen (secondary N) is 1. The van der Waals surface area contributed by atoms with Gasteiger partial charge in [-0.3, -0.25) is 0 Å². The number of hydrogen-bond donors (Lipinski definition) is 1. The second kappa shape index (κ2) is 4.83. The molecule has 72 valence electrons. The first-order valence-electron chi connectivity index (χ1n) is 4.21. The van der Waals surface area contributed by atoms with Crippen molar-refractivity contribution in [3.63, 3.8) is 0 Å². The third kappa shape index (κ3) is 2.90. The fraction of sp³-hybridized carbons (Fsp3) is 0.182. The normalized spacial score (nSPS) is 9.21. The number of rotatable bonds is 3. The molecule has 0 aliphatic carbocycles. The molecule has 14 heavy (non-hydrogen) atoms. The molecular weight excluding hydrogens is 240 g/mol. The van der Waals surface area contributed by atoms with Crippen LogP contribution in [0.3, 0.4) is 0 Å². The van der Waals surface area contributed by atoms with Crippen LogP contribution in [0.15, 0.2) is 29.3 Å². The fourth-order valence-electron chi connectivity index (χ4n) is 1.09. The van der Waals surface area contributed by atoms with Crippen molar-refractivity contribution in [3.05, 3.63) is 40.4 Å². The van der Waals surface area contributed by atoms with Crippen LogP contribution in [0.1, 0.15) is 11.1 Å². The monoisotopic (exact) mass is 250 g/mol.